The van der Waals surface area contributed by atoms with Crippen LogP contribution in [0.3, 0.4) is 0 Å². The molecule has 7 nitrogen and oxygen atoms in total. The zero-order valence-corrected chi connectivity index (χ0v) is 18.7. The Balaban J connectivity index is 1.79. The molecule has 0 aliphatic rings. The number of carbonyl (C=O) groups excluding carboxylic acids is 2. The van der Waals surface area contributed by atoms with Crippen LogP contribution in [-0.2, 0) is 11.3 Å². The summed E-state index contributed by atoms with van der Waals surface area (Å²) in [6.07, 6.45) is 0.224. The number of ether oxygens (including phenoxy) is 1. The van der Waals surface area contributed by atoms with Gasteiger partial charge in [-0.3, -0.25) is 9.69 Å². The Morgan fingerprint density at radius 2 is 1.71 bits per heavy atom. The number of benzene rings is 2. The topological polar surface area (TPSA) is 82.7 Å². The molecule has 31 heavy (non-hydrogen) atoms. The first kappa shape index (κ1) is 24.2. The Bertz CT molecular complexity index is 809. The smallest absolute Gasteiger partial charge is 0.315 e. The number of hydrogen-bond donors (Lipinski definition) is 3. The number of carbonyl (C=O) groups is 2. The molecule has 0 aliphatic heterocycles. The van der Waals surface area contributed by atoms with Gasteiger partial charge >= 0.3 is 6.03 Å². The van der Waals surface area contributed by atoms with Gasteiger partial charge in [0.25, 0.3) is 0 Å². The Morgan fingerprint density at radius 3 is 2.39 bits per heavy atom. The summed E-state index contributed by atoms with van der Waals surface area (Å²) >= 11 is 0. The molecule has 2 aromatic rings. The predicted octanol–water partition coefficient (Wildman–Crippen LogP) is 3.08. The highest BCUT2D eigenvalue weighted by molar-refractivity contribution is 5.78. The summed E-state index contributed by atoms with van der Waals surface area (Å²) < 4.78 is 5.35. The fourth-order valence-corrected chi connectivity index (χ4v) is 3.40. The maximum atomic E-state index is 12.3. The number of likely N-dealkylation sites (N-methyl/N-ethyl adjacent to an activating group) is 1. The van der Waals surface area contributed by atoms with E-state index < -0.39 is 0 Å². The first-order chi connectivity index (χ1) is 15.1. The molecular weight excluding hydrogens is 392 g/mol. The van der Waals surface area contributed by atoms with Gasteiger partial charge in [0.15, 0.2) is 0 Å². The molecule has 2 rings (SSSR count). The molecule has 0 aromatic heterocycles. The lowest BCUT2D eigenvalue weighted by molar-refractivity contribution is -0.121. The van der Waals surface area contributed by atoms with Crippen molar-refractivity contribution in [1.29, 1.82) is 0 Å². The minimum Gasteiger partial charge on any atom is -0.497 e. The van der Waals surface area contributed by atoms with Crippen LogP contribution in [0.4, 0.5) is 4.79 Å². The lowest BCUT2D eigenvalue weighted by atomic mass is 10.0. The third kappa shape index (κ3) is 8.30. The van der Waals surface area contributed by atoms with Gasteiger partial charge in [-0.2, -0.15) is 0 Å². The Hall–Kier alpha value is -3.06. The fraction of sp³-hybridized carbons (Fsp3) is 0.417. The van der Waals surface area contributed by atoms with Crippen LogP contribution in [0, 0.1) is 0 Å². The summed E-state index contributed by atoms with van der Waals surface area (Å²) in [6.45, 7) is 7.18. The number of nitrogens with one attached hydrogen (secondary N) is 3. The summed E-state index contributed by atoms with van der Waals surface area (Å²) in [5.74, 6) is 0.704. The molecule has 1 unspecified atom stereocenters. The third-order valence-electron chi connectivity index (χ3n) is 5.16. The zero-order valence-electron chi connectivity index (χ0n) is 18.7. The van der Waals surface area contributed by atoms with Crippen LogP contribution in [0.1, 0.15) is 37.4 Å². The molecule has 3 N–H and O–H groups in total. The molecule has 0 heterocycles. The molecule has 0 radical (unpaired) electrons. The van der Waals surface area contributed by atoms with Gasteiger partial charge in [0.1, 0.15) is 5.75 Å². The van der Waals surface area contributed by atoms with E-state index in [-0.39, 0.29) is 30.9 Å². The second-order valence-corrected chi connectivity index (χ2v) is 7.16. The Labute approximate surface area is 185 Å². The van der Waals surface area contributed by atoms with Crippen molar-refractivity contribution in [3.63, 3.8) is 0 Å². The van der Waals surface area contributed by atoms with Crippen LogP contribution < -0.4 is 20.7 Å². The zero-order chi connectivity index (χ0) is 22.5. The van der Waals surface area contributed by atoms with Crippen molar-refractivity contribution < 1.29 is 14.3 Å². The first-order valence-corrected chi connectivity index (χ1v) is 10.8. The van der Waals surface area contributed by atoms with E-state index >= 15 is 0 Å². The predicted molar refractivity (Wildman–Crippen MR) is 123 cm³/mol. The summed E-state index contributed by atoms with van der Waals surface area (Å²) in [7, 11) is 1.65. The number of rotatable bonds is 12. The second-order valence-electron chi connectivity index (χ2n) is 7.16. The molecule has 0 spiro atoms. The summed E-state index contributed by atoms with van der Waals surface area (Å²) in [4.78, 5) is 26.5. The van der Waals surface area contributed by atoms with E-state index in [4.69, 9.17) is 4.74 Å². The second kappa shape index (κ2) is 13.3. The average Bonchev–Trinajstić information content (AvgIpc) is 2.81. The van der Waals surface area contributed by atoms with E-state index in [9.17, 15) is 9.59 Å². The highest BCUT2D eigenvalue weighted by Crippen LogP contribution is 2.23. The number of methoxy groups -OCH3 is 1. The van der Waals surface area contributed by atoms with Crippen molar-refractivity contribution in [3.8, 4) is 5.75 Å². The van der Waals surface area contributed by atoms with Crippen LogP contribution >= 0.6 is 0 Å². The monoisotopic (exact) mass is 426 g/mol. The molecule has 3 amide bonds. The van der Waals surface area contributed by atoms with Gasteiger partial charge in [-0.1, -0.05) is 56.3 Å². The van der Waals surface area contributed by atoms with Crippen LogP contribution in [0.25, 0.3) is 0 Å². The van der Waals surface area contributed by atoms with Gasteiger partial charge in [-0.05, 0) is 36.3 Å². The van der Waals surface area contributed by atoms with Crippen molar-refractivity contribution in [2.24, 2.45) is 0 Å². The van der Waals surface area contributed by atoms with Crippen LogP contribution in [-0.4, -0.2) is 50.1 Å². The molecule has 0 fully saturated rings. The van der Waals surface area contributed by atoms with Crippen molar-refractivity contribution in [2.75, 3.05) is 33.3 Å². The highest BCUT2D eigenvalue weighted by Gasteiger charge is 2.19. The lowest BCUT2D eigenvalue weighted by Crippen LogP contribution is -2.40. The molecule has 7 heteroatoms. The highest BCUT2D eigenvalue weighted by atomic mass is 16.5. The van der Waals surface area contributed by atoms with E-state index in [0.29, 0.717) is 13.1 Å². The van der Waals surface area contributed by atoms with Gasteiger partial charge < -0.3 is 20.7 Å². The molecule has 0 bridgehead atoms. The van der Waals surface area contributed by atoms with E-state index in [1.807, 2.05) is 48.5 Å². The molecule has 0 saturated heterocycles. The maximum Gasteiger partial charge on any atom is 0.315 e. The molecular formula is C24H34N4O3. The lowest BCUT2D eigenvalue weighted by Gasteiger charge is -2.30. The number of nitrogens with zero attached hydrogens (tertiary/aromatic N) is 1. The van der Waals surface area contributed by atoms with Gasteiger partial charge in [0.05, 0.1) is 13.2 Å². The number of urea groups is 1. The fourth-order valence-electron chi connectivity index (χ4n) is 3.40. The van der Waals surface area contributed by atoms with Gasteiger partial charge in [-0.15, -0.1) is 0 Å². The summed E-state index contributed by atoms with van der Waals surface area (Å²) in [5, 5.41) is 8.52. The van der Waals surface area contributed by atoms with Crippen molar-refractivity contribution in [1.82, 2.24) is 20.9 Å². The van der Waals surface area contributed by atoms with Crippen molar-refractivity contribution >= 4 is 11.9 Å². The third-order valence-corrected chi connectivity index (χ3v) is 5.16. The molecule has 168 valence electrons. The molecule has 1 atom stereocenters. The van der Waals surface area contributed by atoms with Crippen LogP contribution in [0.5, 0.6) is 5.75 Å². The van der Waals surface area contributed by atoms with E-state index in [1.165, 1.54) is 0 Å². The van der Waals surface area contributed by atoms with Crippen molar-refractivity contribution in [3.05, 3.63) is 65.7 Å². The minimum absolute atomic E-state index is 0.0520. The summed E-state index contributed by atoms with van der Waals surface area (Å²) in [5.41, 5.74) is 2.12. The molecule has 2 aromatic carbocycles. The van der Waals surface area contributed by atoms with Gasteiger partial charge in [0.2, 0.25) is 5.91 Å². The number of hydrogen-bond acceptors (Lipinski definition) is 4. The molecule has 0 aliphatic carbocycles. The Kier molecular flexibility index (Phi) is 10.4. The van der Waals surface area contributed by atoms with Gasteiger partial charge in [0, 0.05) is 26.1 Å². The molecule has 0 saturated carbocycles. The minimum atomic E-state index is -0.283. The van der Waals surface area contributed by atoms with Crippen molar-refractivity contribution in [2.45, 2.75) is 32.9 Å². The first-order valence-electron chi connectivity index (χ1n) is 10.8. The quantitative estimate of drug-likeness (QED) is 0.487. The number of amides is 3. The normalized spacial score (nSPS) is 11.6. The van der Waals surface area contributed by atoms with E-state index in [1.54, 1.807) is 7.11 Å². The van der Waals surface area contributed by atoms with Crippen LogP contribution in [0.2, 0.25) is 0 Å². The largest absolute Gasteiger partial charge is 0.497 e. The average molecular weight is 427 g/mol. The maximum absolute atomic E-state index is 12.3. The van der Waals surface area contributed by atoms with Crippen LogP contribution in [0.15, 0.2) is 54.6 Å². The van der Waals surface area contributed by atoms with Gasteiger partial charge in [-0.25, -0.2) is 4.79 Å². The standard InChI is InChI=1S/C24H34N4O3/c1-4-28(5-2)22(20-12-9-13-21(16-20)31-3)18-26-23(29)14-15-25-24(30)27-17-19-10-7-6-8-11-19/h6-13,16,22H,4-5,14-15,17-18H2,1-3H3,(H,26,29)(H2,25,27,30). The summed E-state index contributed by atoms with van der Waals surface area (Å²) in [6, 6.07) is 17.4. The Morgan fingerprint density at radius 1 is 0.968 bits per heavy atom. The van der Waals surface area contributed by atoms with E-state index in [2.05, 4.69) is 40.8 Å². The van der Waals surface area contributed by atoms with E-state index in [0.717, 1.165) is 30.0 Å². The SMILES string of the molecule is CCN(CC)C(CNC(=O)CCNC(=O)NCc1ccccc1)c1cccc(OC)c1.